The van der Waals surface area contributed by atoms with Crippen molar-refractivity contribution in [1.29, 1.82) is 0 Å². The zero-order chi connectivity index (χ0) is 33.0. The van der Waals surface area contributed by atoms with Crippen LogP contribution in [0.4, 0.5) is 5.69 Å². The molecule has 0 saturated heterocycles. The van der Waals surface area contributed by atoms with Crippen LogP contribution in [0.3, 0.4) is 0 Å². The largest absolute Gasteiger partial charge is 0.414 e. The van der Waals surface area contributed by atoms with E-state index < -0.39 is 8.32 Å². The summed E-state index contributed by atoms with van der Waals surface area (Å²) in [5.41, 5.74) is 3.10. The van der Waals surface area contributed by atoms with Gasteiger partial charge in [0.15, 0.2) is 8.32 Å². The molecule has 1 fully saturated rings. The fourth-order valence-electron chi connectivity index (χ4n) is 6.55. The lowest BCUT2D eigenvalue weighted by molar-refractivity contribution is -0.124. The standard InChI is InChI=1S/C40H73NO2Si/c1-12-13-14-15-16-17-18-22-29-40(8,9)37(42)41-36-31-33(26-28-35(36)38(2,3)4)25-27-34(30-32-23-20-19-21-24-32)43-44(10,11)39(5,6)7/h26,28,31-32,34H,12-25,27,29-30H2,1-11H3,(H,41,42). The van der Waals surface area contributed by atoms with Crippen LogP contribution in [0.15, 0.2) is 18.2 Å². The Morgan fingerprint density at radius 1 is 0.886 bits per heavy atom. The molecule has 0 aliphatic heterocycles. The lowest BCUT2D eigenvalue weighted by atomic mass is 9.82. The second-order valence-corrected chi connectivity index (χ2v) is 22.2. The van der Waals surface area contributed by atoms with Crippen LogP contribution < -0.4 is 5.32 Å². The van der Waals surface area contributed by atoms with Crippen LogP contribution in [-0.4, -0.2) is 20.3 Å². The van der Waals surface area contributed by atoms with Gasteiger partial charge in [-0.25, -0.2) is 0 Å². The molecule has 1 saturated carbocycles. The molecule has 44 heavy (non-hydrogen) atoms. The molecule has 0 radical (unpaired) electrons. The van der Waals surface area contributed by atoms with Crippen molar-refractivity contribution in [3.8, 4) is 0 Å². The normalized spacial score (nSPS) is 16.2. The van der Waals surface area contributed by atoms with E-state index in [0.717, 1.165) is 37.3 Å². The molecule has 1 N–H and O–H groups in total. The minimum Gasteiger partial charge on any atom is -0.414 e. The lowest BCUT2D eigenvalue weighted by Crippen LogP contribution is -2.44. The van der Waals surface area contributed by atoms with Gasteiger partial charge in [0.2, 0.25) is 5.91 Å². The highest BCUT2D eigenvalue weighted by Gasteiger charge is 2.39. The second-order valence-electron chi connectivity index (χ2n) is 17.5. The Hall–Kier alpha value is -1.13. The van der Waals surface area contributed by atoms with E-state index in [4.69, 9.17) is 4.43 Å². The number of rotatable bonds is 18. The predicted molar refractivity (Wildman–Crippen MR) is 196 cm³/mol. The van der Waals surface area contributed by atoms with Gasteiger partial charge in [-0.1, -0.05) is 158 Å². The quantitative estimate of drug-likeness (QED) is 0.130. The molecule has 0 bridgehead atoms. The predicted octanol–water partition coefficient (Wildman–Crippen LogP) is 12.8. The number of anilines is 1. The van der Waals surface area contributed by atoms with Crippen molar-refractivity contribution >= 4 is 19.9 Å². The summed E-state index contributed by atoms with van der Waals surface area (Å²) in [6.45, 7) is 25.1. The Labute approximate surface area is 275 Å². The Morgan fingerprint density at radius 3 is 2.05 bits per heavy atom. The molecule has 0 heterocycles. The average molecular weight is 628 g/mol. The zero-order valence-corrected chi connectivity index (χ0v) is 32.2. The van der Waals surface area contributed by atoms with Crippen LogP contribution >= 0.6 is 0 Å². The van der Waals surface area contributed by atoms with Gasteiger partial charge in [0.05, 0.1) is 0 Å². The molecule has 4 heteroatoms. The van der Waals surface area contributed by atoms with E-state index in [0.29, 0.717) is 6.10 Å². The van der Waals surface area contributed by atoms with Crippen LogP contribution in [0.2, 0.25) is 18.1 Å². The highest BCUT2D eigenvalue weighted by molar-refractivity contribution is 6.74. The van der Waals surface area contributed by atoms with Crippen molar-refractivity contribution in [2.45, 2.75) is 201 Å². The minimum atomic E-state index is -1.86. The number of hydrogen-bond acceptors (Lipinski definition) is 2. The number of benzene rings is 1. The Bertz CT molecular complexity index is 978. The molecular weight excluding hydrogens is 555 g/mol. The first-order valence-corrected chi connectivity index (χ1v) is 21.5. The molecule has 1 unspecified atom stereocenters. The van der Waals surface area contributed by atoms with Gasteiger partial charge in [0.25, 0.3) is 0 Å². The van der Waals surface area contributed by atoms with Gasteiger partial charge in [0, 0.05) is 17.2 Å². The number of hydrogen-bond donors (Lipinski definition) is 1. The van der Waals surface area contributed by atoms with E-state index in [9.17, 15) is 4.79 Å². The number of nitrogens with one attached hydrogen (secondary N) is 1. The molecule has 1 atom stereocenters. The van der Waals surface area contributed by atoms with E-state index in [1.165, 1.54) is 94.6 Å². The third-order valence-corrected chi connectivity index (χ3v) is 15.3. The van der Waals surface area contributed by atoms with Crippen LogP contribution in [0.1, 0.15) is 176 Å². The maximum atomic E-state index is 13.7. The van der Waals surface area contributed by atoms with Gasteiger partial charge in [-0.05, 0) is 72.3 Å². The van der Waals surface area contributed by atoms with Crippen LogP contribution in [0, 0.1) is 11.3 Å². The first kappa shape index (κ1) is 39.0. The molecule has 1 amide bonds. The number of unbranched alkanes of at least 4 members (excludes halogenated alkanes) is 7. The summed E-state index contributed by atoms with van der Waals surface area (Å²) in [5, 5.41) is 3.63. The number of carbonyl (C=O) groups excluding carboxylic acids is 1. The molecular formula is C40H73NO2Si. The van der Waals surface area contributed by atoms with Gasteiger partial charge >= 0.3 is 0 Å². The molecule has 0 spiro atoms. The Morgan fingerprint density at radius 2 is 1.48 bits per heavy atom. The van der Waals surface area contributed by atoms with Gasteiger partial charge in [-0.3, -0.25) is 4.79 Å². The highest BCUT2D eigenvalue weighted by atomic mass is 28.4. The van der Waals surface area contributed by atoms with Crippen LogP contribution in [0.5, 0.6) is 0 Å². The third-order valence-electron chi connectivity index (χ3n) is 10.8. The van der Waals surface area contributed by atoms with E-state index in [1.54, 1.807) is 0 Å². The number of amides is 1. The fourth-order valence-corrected chi connectivity index (χ4v) is 7.95. The van der Waals surface area contributed by atoms with Crippen molar-refractivity contribution in [2.75, 3.05) is 5.32 Å². The summed E-state index contributed by atoms with van der Waals surface area (Å²) in [6.07, 6.45) is 21.7. The SMILES string of the molecule is CCCCCCCCCCC(C)(C)C(=O)Nc1cc(CCC(CC2CCCCC2)O[Si](C)(C)C(C)(C)C)ccc1C(C)(C)C. The molecule has 0 aromatic heterocycles. The van der Waals surface area contributed by atoms with E-state index in [2.05, 4.69) is 98.9 Å². The summed E-state index contributed by atoms with van der Waals surface area (Å²) in [6, 6.07) is 6.84. The molecule has 254 valence electrons. The fraction of sp³-hybridized carbons (Fsp3) is 0.825. The van der Waals surface area contributed by atoms with E-state index in [1.807, 2.05) is 0 Å². The van der Waals surface area contributed by atoms with Crippen molar-refractivity contribution in [2.24, 2.45) is 11.3 Å². The number of aryl methyl sites for hydroxylation is 1. The lowest BCUT2D eigenvalue weighted by Gasteiger charge is -2.40. The highest BCUT2D eigenvalue weighted by Crippen LogP contribution is 2.40. The van der Waals surface area contributed by atoms with Crippen molar-refractivity contribution in [3.63, 3.8) is 0 Å². The maximum Gasteiger partial charge on any atom is 0.230 e. The van der Waals surface area contributed by atoms with Crippen LogP contribution in [-0.2, 0) is 21.1 Å². The first-order chi connectivity index (χ1) is 20.5. The molecule has 1 aliphatic rings. The topological polar surface area (TPSA) is 38.3 Å². The van der Waals surface area contributed by atoms with E-state index >= 15 is 0 Å². The van der Waals surface area contributed by atoms with Crippen LogP contribution in [0.25, 0.3) is 0 Å². The molecule has 2 rings (SSSR count). The molecule has 1 aromatic rings. The summed E-state index contributed by atoms with van der Waals surface area (Å²) in [5.74, 6) is 0.958. The first-order valence-electron chi connectivity index (χ1n) is 18.6. The monoisotopic (exact) mass is 628 g/mol. The van der Waals surface area contributed by atoms with Crippen molar-refractivity contribution in [3.05, 3.63) is 29.3 Å². The third kappa shape index (κ3) is 13.3. The number of carbonyl (C=O) groups is 1. The molecule has 1 aromatic carbocycles. The maximum absolute atomic E-state index is 13.7. The summed E-state index contributed by atoms with van der Waals surface area (Å²) in [7, 11) is -1.86. The van der Waals surface area contributed by atoms with E-state index in [-0.39, 0.29) is 21.8 Å². The smallest absolute Gasteiger partial charge is 0.230 e. The summed E-state index contributed by atoms with van der Waals surface area (Å²) >= 11 is 0. The molecule has 1 aliphatic carbocycles. The average Bonchev–Trinajstić information content (AvgIpc) is 2.92. The Kier molecular flexibility index (Phi) is 15.7. The second kappa shape index (κ2) is 17.7. The van der Waals surface area contributed by atoms with Gasteiger partial charge in [0.1, 0.15) is 0 Å². The Balaban J connectivity index is 2.11. The minimum absolute atomic E-state index is 0.0436. The summed E-state index contributed by atoms with van der Waals surface area (Å²) < 4.78 is 7.09. The van der Waals surface area contributed by atoms with Crippen molar-refractivity contribution < 1.29 is 9.22 Å². The molecule has 3 nitrogen and oxygen atoms in total. The zero-order valence-electron chi connectivity index (χ0n) is 31.2. The van der Waals surface area contributed by atoms with Gasteiger partial charge in [-0.15, -0.1) is 0 Å². The van der Waals surface area contributed by atoms with Gasteiger partial charge < -0.3 is 9.74 Å². The van der Waals surface area contributed by atoms with Gasteiger partial charge in [-0.2, -0.15) is 0 Å². The van der Waals surface area contributed by atoms with Crippen molar-refractivity contribution in [1.82, 2.24) is 0 Å². The summed E-state index contributed by atoms with van der Waals surface area (Å²) in [4.78, 5) is 13.7.